The summed E-state index contributed by atoms with van der Waals surface area (Å²) in [6.07, 6.45) is 0. The van der Waals surface area contributed by atoms with Crippen molar-refractivity contribution in [1.29, 1.82) is 0 Å². The summed E-state index contributed by atoms with van der Waals surface area (Å²) in [4.78, 5) is 3.96. The van der Waals surface area contributed by atoms with Gasteiger partial charge in [0.15, 0.2) is 0 Å². The van der Waals surface area contributed by atoms with Crippen LogP contribution in [0.3, 0.4) is 0 Å². The van der Waals surface area contributed by atoms with Crippen molar-refractivity contribution in [1.82, 2.24) is 0 Å². The van der Waals surface area contributed by atoms with Crippen LogP contribution in [0.1, 0.15) is 13.8 Å². The molecule has 0 heterocycles. The van der Waals surface area contributed by atoms with Gasteiger partial charge in [0.2, 0.25) is 0 Å². The van der Waals surface area contributed by atoms with Crippen molar-refractivity contribution in [3.05, 3.63) is 20.2 Å². The summed E-state index contributed by atoms with van der Waals surface area (Å²) in [6, 6.07) is 0. The number of hydrogen-bond acceptors (Lipinski definition) is 1. The number of hydrogen-bond donors (Lipinski definition) is 0. The Labute approximate surface area is 90.7 Å². The van der Waals surface area contributed by atoms with E-state index in [-0.39, 0.29) is 40.7 Å². The zero-order valence-corrected chi connectivity index (χ0v) is 10.4. The Morgan fingerprint density at radius 2 is 1.64 bits per heavy atom. The van der Waals surface area contributed by atoms with Crippen LogP contribution in [0.2, 0.25) is 0 Å². The Bertz CT molecular complexity index is 90.1. The van der Waals surface area contributed by atoms with Gasteiger partial charge in [0.1, 0.15) is 0 Å². The summed E-state index contributed by atoms with van der Waals surface area (Å²) in [5.74, 6) is 1.40. The van der Waals surface area contributed by atoms with Gasteiger partial charge < -0.3 is 25.2 Å². The van der Waals surface area contributed by atoms with Crippen LogP contribution in [-0.4, -0.2) is 19.9 Å². The molecule has 0 unspecified atom stereocenters. The first-order valence-corrected chi connectivity index (χ1v) is 2.79. The summed E-state index contributed by atoms with van der Waals surface area (Å²) in [5, 5.41) is 3.96. The van der Waals surface area contributed by atoms with E-state index in [0.717, 1.165) is 5.84 Å². The Hall–Kier alpha value is 0.340. The van der Waals surface area contributed by atoms with E-state index in [1.807, 2.05) is 0 Å². The summed E-state index contributed by atoms with van der Waals surface area (Å²) in [5.41, 5.74) is 0. The first-order chi connectivity index (χ1) is 3.72. The summed E-state index contributed by atoms with van der Waals surface area (Å²) in [7, 11) is 3.53. The molecule has 0 bridgehead atoms. The topological polar surface area (TPSA) is 26.5 Å². The van der Waals surface area contributed by atoms with Crippen LogP contribution in [0.4, 0.5) is 0 Å². The molecule has 0 saturated carbocycles. The van der Waals surface area contributed by atoms with Crippen molar-refractivity contribution in [3.8, 4) is 0 Å². The molecule has 0 N–H and O–H groups in total. The van der Waals surface area contributed by atoms with Gasteiger partial charge in [0.05, 0.1) is 0 Å². The van der Waals surface area contributed by atoms with Gasteiger partial charge in [-0.3, -0.25) is 0 Å². The third kappa shape index (κ3) is 10.3. The number of amidine groups is 1. The molecule has 2 nitrogen and oxygen atoms in total. The zero-order valence-electron chi connectivity index (χ0n) is 8.55. The van der Waals surface area contributed by atoms with Gasteiger partial charge in [0.25, 0.3) is 0 Å². The van der Waals surface area contributed by atoms with Gasteiger partial charge in [-0.05, 0) is 5.92 Å². The van der Waals surface area contributed by atoms with Crippen molar-refractivity contribution in [2.24, 2.45) is 10.9 Å². The molecule has 0 rings (SSSR count). The third-order valence-electron chi connectivity index (χ3n) is 0.975. The summed E-state index contributed by atoms with van der Waals surface area (Å²) < 4.78 is 0. The van der Waals surface area contributed by atoms with Crippen LogP contribution in [0.15, 0.2) is 4.99 Å². The van der Waals surface area contributed by atoms with Gasteiger partial charge in [-0.2, -0.15) is 0 Å². The van der Waals surface area contributed by atoms with Crippen LogP contribution in [0.25, 0.3) is 5.32 Å². The zero-order chi connectivity index (χ0) is 6.57. The van der Waals surface area contributed by atoms with E-state index < -0.39 is 0 Å². The molecule has 0 spiro atoms. The van der Waals surface area contributed by atoms with Gasteiger partial charge >= 0.3 is 0 Å². The van der Waals surface area contributed by atoms with E-state index in [4.69, 9.17) is 0 Å². The smallest absolute Gasteiger partial charge is 0 e. The minimum absolute atomic E-state index is 0. The molecule has 0 aromatic carbocycles. The van der Waals surface area contributed by atoms with Crippen molar-refractivity contribution >= 4 is 5.84 Å². The largest absolute Gasteiger partial charge is 0.472 e. The van der Waals surface area contributed by atoms with Gasteiger partial charge in [-0.1, -0.05) is 33.8 Å². The monoisotopic (exact) mass is 188 g/mol. The van der Waals surface area contributed by atoms with Crippen LogP contribution in [0.5, 0.6) is 0 Å². The van der Waals surface area contributed by atoms with Crippen LogP contribution in [-0.2, 0) is 25.8 Å². The summed E-state index contributed by atoms with van der Waals surface area (Å²) in [6.45, 7) is 4.16. The quantitative estimate of drug-likeness (QED) is 0.343. The molecule has 0 aliphatic heterocycles. The van der Waals surface area contributed by atoms with Gasteiger partial charge in [0, 0.05) is 25.8 Å². The maximum absolute atomic E-state index is 3.96. The minimum atomic E-state index is 0. The molecule has 1 radical (unpaired) electrons. The first-order valence-electron chi connectivity index (χ1n) is 2.79. The SMILES string of the molecule is CN=C([N-]C)C(C)C.[CH3-].[CH3-].[Sc]. The molecule has 3 heteroatoms. The Balaban J connectivity index is -0.0000000817. The predicted octanol–water partition coefficient (Wildman–Crippen LogP) is 2.57. The molecule has 0 fully saturated rings. The van der Waals surface area contributed by atoms with E-state index in [1.165, 1.54) is 0 Å². The van der Waals surface area contributed by atoms with Crippen molar-refractivity contribution < 1.29 is 25.8 Å². The van der Waals surface area contributed by atoms with Crippen molar-refractivity contribution in [2.45, 2.75) is 13.8 Å². The van der Waals surface area contributed by atoms with E-state index in [9.17, 15) is 0 Å². The van der Waals surface area contributed by atoms with E-state index in [1.54, 1.807) is 14.1 Å². The molecular formula is C8H19N2Sc-3. The van der Waals surface area contributed by atoms with E-state index in [0.29, 0.717) is 5.92 Å². The van der Waals surface area contributed by atoms with Crippen LogP contribution in [0, 0.1) is 20.8 Å². The normalized spacial score (nSPS) is 9.00. The molecule has 11 heavy (non-hydrogen) atoms. The fourth-order valence-electron chi connectivity index (χ4n) is 0.616. The summed E-state index contributed by atoms with van der Waals surface area (Å²) >= 11 is 0. The standard InChI is InChI=1S/C6H13N2.2CH3.Sc/c1-5(2)6(7-3)8-4;;;/h5H,1-4H3;2*1H3;/q3*-1;. The van der Waals surface area contributed by atoms with E-state index in [2.05, 4.69) is 24.2 Å². The minimum Gasteiger partial charge on any atom is -0.472 e. The molecule has 0 aromatic rings. The number of rotatable bonds is 1. The molecule has 0 aromatic heterocycles. The molecule has 0 amide bonds. The van der Waals surface area contributed by atoms with Crippen LogP contribution < -0.4 is 0 Å². The van der Waals surface area contributed by atoms with Crippen molar-refractivity contribution in [2.75, 3.05) is 14.1 Å². The van der Waals surface area contributed by atoms with E-state index >= 15 is 0 Å². The second kappa shape index (κ2) is 13.0. The van der Waals surface area contributed by atoms with Crippen LogP contribution >= 0.6 is 0 Å². The molecule has 0 atom stereocenters. The second-order valence-electron chi connectivity index (χ2n) is 1.96. The third-order valence-corrected chi connectivity index (χ3v) is 0.975. The molecule has 0 aliphatic carbocycles. The second-order valence-corrected chi connectivity index (χ2v) is 1.96. The maximum atomic E-state index is 3.96. The molecular weight excluding hydrogens is 169 g/mol. The average Bonchev–Trinajstić information content (AvgIpc) is 1.69. The molecule has 0 saturated heterocycles. The fraction of sp³-hybridized carbons (Fsp3) is 0.625. The number of aliphatic imine (C=N–C) groups is 1. The number of nitrogens with zero attached hydrogens (tertiary/aromatic N) is 2. The maximum Gasteiger partial charge on any atom is 0 e. The Morgan fingerprint density at radius 3 is 1.64 bits per heavy atom. The first kappa shape index (κ1) is 22.5. The fourth-order valence-corrected chi connectivity index (χ4v) is 0.616. The Morgan fingerprint density at radius 1 is 1.27 bits per heavy atom. The average molecular weight is 188 g/mol. The van der Waals surface area contributed by atoms with Gasteiger partial charge in [-0.25, -0.2) is 0 Å². The van der Waals surface area contributed by atoms with Gasteiger partial charge in [-0.15, -0.1) is 0 Å². The predicted molar refractivity (Wildman–Crippen MR) is 50.3 cm³/mol. The molecule has 67 valence electrons. The van der Waals surface area contributed by atoms with Crippen molar-refractivity contribution in [3.63, 3.8) is 0 Å². The molecule has 0 aliphatic rings. The Kier molecular flexibility index (Phi) is 26.5.